The van der Waals surface area contributed by atoms with E-state index in [4.69, 9.17) is 0 Å². The molecule has 0 saturated heterocycles. The molecule has 96 valence electrons. The second-order valence-electron chi connectivity index (χ2n) is 4.24. The van der Waals surface area contributed by atoms with Gasteiger partial charge in [-0.15, -0.1) is 22.0 Å². The van der Waals surface area contributed by atoms with Crippen molar-refractivity contribution in [1.29, 1.82) is 0 Å². The Morgan fingerprint density at radius 2 is 2.44 bits per heavy atom. The molecule has 7 nitrogen and oxygen atoms in total. The van der Waals surface area contributed by atoms with Crippen molar-refractivity contribution in [2.75, 3.05) is 11.9 Å². The molecule has 0 unspecified atom stereocenters. The molecule has 0 spiro atoms. The molecule has 2 aliphatic heterocycles. The summed E-state index contributed by atoms with van der Waals surface area (Å²) in [7, 11) is 0. The zero-order chi connectivity index (χ0) is 12.5. The average Bonchev–Trinajstić information content (AvgIpc) is 2.93. The highest BCUT2D eigenvalue weighted by atomic mass is 32.1. The van der Waals surface area contributed by atoms with Gasteiger partial charge in [0.05, 0.1) is 17.0 Å². The molecule has 8 heteroatoms. The number of hydrogen-bond acceptors (Lipinski definition) is 6. The van der Waals surface area contributed by atoms with Crippen LogP contribution in [0, 0.1) is 0 Å². The molecule has 0 radical (unpaired) electrons. The fraction of sp³-hybridized carbons (Fsp3) is 0.400. The van der Waals surface area contributed by atoms with Crippen LogP contribution in [0.3, 0.4) is 0 Å². The minimum atomic E-state index is -0.0571. The van der Waals surface area contributed by atoms with Gasteiger partial charge >= 0.3 is 0 Å². The highest BCUT2D eigenvalue weighted by molar-refractivity contribution is 7.17. The van der Waals surface area contributed by atoms with E-state index < -0.39 is 0 Å². The van der Waals surface area contributed by atoms with Gasteiger partial charge in [-0.2, -0.15) is 0 Å². The first kappa shape index (κ1) is 11.5. The van der Waals surface area contributed by atoms with E-state index in [0.717, 1.165) is 35.9 Å². The lowest BCUT2D eigenvalue weighted by atomic mass is 10.0. The van der Waals surface area contributed by atoms with Crippen LogP contribution in [0.2, 0.25) is 0 Å². The highest BCUT2D eigenvalue weighted by Gasteiger charge is 2.27. The van der Waals surface area contributed by atoms with Gasteiger partial charge in [-0.1, -0.05) is 0 Å². The normalized spacial score (nSPS) is 17.5. The summed E-state index contributed by atoms with van der Waals surface area (Å²) >= 11 is 1.64. The van der Waals surface area contributed by atoms with Gasteiger partial charge in [0.15, 0.2) is 5.84 Å². The Morgan fingerprint density at radius 3 is 3.17 bits per heavy atom. The Kier molecular flexibility index (Phi) is 2.90. The number of rotatable bonds is 2. The first-order chi connectivity index (χ1) is 8.75. The van der Waals surface area contributed by atoms with Gasteiger partial charge in [0.25, 0.3) is 0 Å². The number of carbonyl (C=O) groups excluding carboxylic acids is 1. The number of nitrogens with one attached hydrogen (secondary N) is 4. The van der Waals surface area contributed by atoms with Gasteiger partial charge in [0, 0.05) is 13.3 Å². The number of hydrazine groups is 2. The molecule has 18 heavy (non-hydrogen) atoms. The lowest BCUT2D eigenvalue weighted by Crippen LogP contribution is -2.84. The summed E-state index contributed by atoms with van der Waals surface area (Å²) in [4.78, 5) is 12.6. The predicted octanol–water partition coefficient (Wildman–Crippen LogP) is -1.40. The van der Waals surface area contributed by atoms with E-state index in [1.807, 2.05) is 0 Å². The second kappa shape index (κ2) is 4.56. The number of fused-ring (bicyclic) bond motifs is 1. The Morgan fingerprint density at radius 1 is 1.56 bits per heavy atom. The molecule has 0 atom stereocenters. The van der Waals surface area contributed by atoms with Gasteiger partial charge in [-0.25, -0.2) is 5.53 Å². The van der Waals surface area contributed by atoms with Crippen LogP contribution in [0.5, 0.6) is 0 Å². The zero-order valence-electron chi connectivity index (χ0n) is 9.96. The Balaban J connectivity index is 2.06. The molecule has 0 saturated carbocycles. The van der Waals surface area contributed by atoms with Crippen LogP contribution in [0.1, 0.15) is 22.9 Å². The van der Waals surface area contributed by atoms with Gasteiger partial charge < -0.3 is 10.6 Å². The maximum atomic E-state index is 11.3. The van der Waals surface area contributed by atoms with Crippen LogP contribution in [-0.2, 0) is 17.8 Å². The first-order valence-electron chi connectivity index (χ1n) is 5.83. The topological polar surface area (TPSA) is 94.2 Å². The van der Waals surface area contributed by atoms with Crippen LogP contribution in [0.15, 0.2) is 5.10 Å². The standard InChI is InChI=1S/C10H14N6OS/c1-5(17)12-10-8(9-13-15-16-14-9)6-2-3-11-4-7(6)18-10/h11,15-16H,2-4H2,1H3,(H,12,17)(H,13,14)/p+1. The van der Waals surface area contributed by atoms with Gasteiger partial charge in [-0.3, -0.25) is 10.2 Å². The van der Waals surface area contributed by atoms with Crippen LogP contribution in [0.4, 0.5) is 5.00 Å². The minimum Gasteiger partial charge on any atom is -0.342 e. The molecule has 1 aromatic heterocycles. The quantitative estimate of drug-likeness (QED) is 0.455. The summed E-state index contributed by atoms with van der Waals surface area (Å²) < 4.78 is 0. The fourth-order valence-corrected chi connectivity index (χ4v) is 3.53. The molecule has 3 heterocycles. The number of hydrogen-bond donors (Lipinski definition) is 5. The van der Waals surface area contributed by atoms with E-state index in [-0.39, 0.29) is 5.91 Å². The molecule has 2 aliphatic rings. The third-order valence-electron chi connectivity index (χ3n) is 2.95. The van der Waals surface area contributed by atoms with Crippen molar-refractivity contribution in [2.45, 2.75) is 19.9 Å². The largest absolute Gasteiger partial charge is 0.342 e. The Bertz CT molecular complexity index is 523. The summed E-state index contributed by atoms with van der Waals surface area (Å²) in [5, 5.41) is 10.2. The van der Waals surface area contributed by atoms with Crippen LogP contribution in [-0.4, -0.2) is 18.3 Å². The summed E-state index contributed by atoms with van der Waals surface area (Å²) in [5.41, 5.74) is 10.6. The first-order valence-corrected chi connectivity index (χ1v) is 6.65. The third-order valence-corrected chi connectivity index (χ3v) is 4.12. The highest BCUT2D eigenvalue weighted by Crippen LogP contribution is 2.34. The van der Waals surface area contributed by atoms with Crippen molar-refractivity contribution in [3.8, 4) is 0 Å². The smallest absolute Gasteiger partial charge is 0.221 e. The third kappa shape index (κ3) is 1.94. The van der Waals surface area contributed by atoms with Crippen LogP contribution >= 0.6 is 11.3 Å². The van der Waals surface area contributed by atoms with Crippen molar-refractivity contribution >= 4 is 28.1 Å². The van der Waals surface area contributed by atoms with E-state index in [1.165, 1.54) is 17.4 Å². The summed E-state index contributed by atoms with van der Waals surface area (Å²) in [6.07, 6.45) is 1.00. The number of anilines is 1. The SMILES string of the molecule is CC(=O)Nc1sc2c(c1C1=NNNN1)CC[NH2+]C2. The van der Waals surface area contributed by atoms with Crippen LogP contribution < -0.4 is 27.1 Å². The van der Waals surface area contributed by atoms with Gasteiger partial charge in [0.1, 0.15) is 11.5 Å². The van der Waals surface area contributed by atoms with Crippen molar-refractivity contribution in [1.82, 2.24) is 16.5 Å². The number of amides is 1. The summed E-state index contributed by atoms with van der Waals surface area (Å²) in [6.45, 7) is 3.57. The monoisotopic (exact) mass is 267 g/mol. The number of amidine groups is 1. The van der Waals surface area contributed by atoms with Crippen molar-refractivity contribution in [3.63, 3.8) is 0 Å². The molecular formula is C10H15N6OS+. The van der Waals surface area contributed by atoms with Gasteiger partial charge in [0.2, 0.25) is 5.91 Å². The Hall–Kier alpha value is -1.64. The molecular weight excluding hydrogens is 252 g/mol. The number of nitrogens with two attached hydrogens (primary N) is 1. The molecule has 0 fully saturated rings. The maximum Gasteiger partial charge on any atom is 0.221 e. The summed E-state index contributed by atoms with van der Waals surface area (Å²) in [5.74, 6) is 0.677. The van der Waals surface area contributed by atoms with Crippen LogP contribution in [0.25, 0.3) is 0 Å². The van der Waals surface area contributed by atoms with E-state index in [0.29, 0.717) is 0 Å². The molecule has 3 rings (SSSR count). The lowest BCUT2D eigenvalue weighted by Gasteiger charge is -2.11. The van der Waals surface area contributed by atoms with E-state index in [2.05, 4.69) is 32.2 Å². The molecule has 6 N–H and O–H groups in total. The molecule has 0 bridgehead atoms. The predicted molar refractivity (Wildman–Crippen MR) is 68.8 cm³/mol. The number of thiophene rings is 1. The number of hydrazone groups is 1. The second-order valence-corrected chi connectivity index (χ2v) is 5.35. The van der Waals surface area contributed by atoms with E-state index in [1.54, 1.807) is 11.3 Å². The fourth-order valence-electron chi connectivity index (χ4n) is 2.24. The van der Waals surface area contributed by atoms with Crippen molar-refractivity contribution < 1.29 is 10.1 Å². The summed E-state index contributed by atoms with van der Waals surface area (Å²) in [6, 6.07) is 0. The lowest BCUT2D eigenvalue weighted by molar-refractivity contribution is -0.672. The van der Waals surface area contributed by atoms with Crippen molar-refractivity contribution in [2.24, 2.45) is 5.10 Å². The number of nitrogens with zero attached hydrogens (tertiary/aromatic N) is 1. The van der Waals surface area contributed by atoms with E-state index >= 15 is 0 Å². The van der Waals surface area contributed by atoms with Gasteiger partial charge in [-0.05, 0) is 5.56 Å². The number of carbonyl (C=O) groups is 1. The molecule has 1 amide bonds. The Labute approximate surface area is 108 Å². The maximum absolute atomic E-state index is 11.3. The number of quaternary nitrogens is 1. The molecule has 0 aromatic carbocycles. The van der Waals surface area contributed by atoms with E-state index in [9.17, 15) is 4.79 Å². The molecule has 0 aliphatic carbocycles. The van der Waals surface area contributed by atoms with Crippen molar-refractivity contribution in [3.05, 3.63) is 16.0 Å². The zero-order valence-corrected chi connectivity index (χ0v) is 10.8. The minimum absolute atomic E-state index is 0.0571. The average molecular weight is 267 g/mol. The molecule has 1 aromatic rings.